The molecule has 0 radical (unpaired) electrons. The number of likely N-dealkylation sites (tertiary alicyclic amines) is 1. The van der Waals surface area contributed by atoms with E-state index in [1.54, 1.807) is 0 Å². The van der Waals surface area contributed by atoms with Crippen molar-refractivity contribution in [2.24, 2.45) is 0 Å². The zero-order valence-electron chi connectivity index (χ0n) is 12.6. The lowest BCUT2D eigenvalue weighted by Gasteiger charge is -2.36. The minimum absolute atomic E-state index is 0.160. The Morgan fingerprint density at radius 1 is 0.905 bits per heavy atom. The van der Waals surface area contributed by atoms with Crippen molar-refractivity contribution in [1.29, 1.82) is 0 Å². The fourth-order valence-electron chi connectivity index (χ4n) is 3.39. The van der Waals surface area contributed by atoms with Gasteiger partial charge in [0.25, 0.3) is 0 Å². The van der Waals surface area contributed by atoms with Crippen LogP contribution in [0.25, 0.3) is 0 Å². The fourth-order valence-corrected chi connectivity index (χ4v) is 3.39. The molecule has 3 rings (SSSR count). The SMILES string of the molecule is Cc1cccc(O)c1C(c1ccccc1)N1CCCCC1. The van der Waals surface area contributed by atoms with E-state index < -0.39 is 0 Å². The summed E-state index contributed by atoms with van der Waals surface area (Å²) in [5.74, 6) is 0.412. The fraction of sp³-hybridized carbons (Fsp3) is 0.368. The summed E-state index contributed by atoms with van der Waals surface area (Å²) in [6.07, 6.45) is 3.81. The summed E-state index contributed by atoms with van der Waals surface area (Å²) >= 11 is 0. The highest BCUT2D eigenvalue weighted by atomic mass is 16.3. The maximum Gasteiger partial charge on any atom is 0.120 e. The number of phenols is 1. The molecule has 0 bridgehead atoms. The van der Waals surface area contributed by atoms with Gasteiger partial charge in [-0.25, -0.2) is 0 Å². The largest absolute Gasteiger partial charge is 0.508 e. The summed E-state index contributed by atoms with van der Waals surface area (Å²) in [6, 6.07) is 16.5. The average molecular weight is 281 g/mol. The zero-order chi connectivity index (χ0) is 14.7. The smallest absolute Gasteiger partial charge is 0.120 e. The quantitative estimate of drug-likeness (QED) is 0.908. The molecule has 2 heteroatoms. The van der Waals surface area contributed by atoms with E-state index in [0.717, 1.165) is 24.2 Å². The van der Waals surface area contributed by atoms with Crippen LogP contribution in [0.4, 0.5) is 0 Å². The molecule has 110 valence electrons. The number of aryl methyl sites for hydroxylation is 1. The van der Waals surface area contributed by atoms with Gasteiger partial charge in [-0.15, -0.1) is 0 Å². The Balaban J connectivity index is 2.07. The van der Waals surface area contributed by atoms with Crippen molar-refractivity contribution in [2.75, 3.05) is 13.1 Å². The Morgan fingerprint density at radius 3 is 2.29 bits per heavy atom. The molecule has 1 heterocycles. The van der Waals surface area contributed by atoms with Gasteiger partial charge in [0.05, 0.1) is 6.04 Å². The van der Waals surface area contributed by atoms with Crippen molar-refractivity contribution in [1.82, 2.24) is 4.90 Å². The summed E-state index contributed by atoms with van der Waals surface area (Å²) in [4.78, 5) is 2.51. The van der Waals surface area contributed by atoms with Crippen LogP contribution < -0.4 is 0 Å². The third-order valence-electron chi connectivity index (χ3n) is 4.45. The predicted molar refractivity (Wildman–Crippen MR) is 86.6 cm³/mol. The molecule has 1 fully saturated rings. The van der Waals surface area contributed by atoms with Crippen LogP contribution in [0.1, 0.15) is 42.0 Å². The van der Waals surface area contributed by atoms with E-state index in [9.17, 15) is 5.11 Å². The zero-order valence-corrected chi connectivity index (χ0v) is 12.6. The number of aromatic hydroxyl groups is 1. The molecule has 1 unspecified atom stereocenters. The topological polar surface area (TPSA) is 23.5 Å². The van der Waals surface area contributed by atoms with E-state index in [2.05, 4.69) is 48.2 Å². The standard InChI is InChI=1S/C19H23NO/c1-15-9-8-12-17(21)18(15)19(16-10-4-2-5-11-16)20-13-6-3-7-14-20/h2,4-5,8-12,19,21H,3,6-7,13-14H2,1H3. The summed E-state index contributed by atoms with van der Waals surface area (Å²) in [5, 5.41) is 10.4. The number of benzene rings is 2. The number of nitrogens with zero attached hydrogens (tertiary/aromatic N) is 1. The van der Waals surface area contributed by atoms with Crippen LogP contribution in [-0.4, -0.2) is 23.1 Å². The van der Waals surface area contributed by atoms with Crippen molar-refractivity contribution in [2.45, 2.75) is 32.2 Å². The normalized spacial score (nSPS) is 17.6. The predicted octanol–water partition coefficient (Wildman–Crippen LogP) is 4.28. The molecule has 0 aromatic heterocycles. The van der Waals surface area contributed by atoms with Crippen LogP contribution >= 0.6 is 0 Å². The highest BCUT2D eigenvalue weighted by molar-refractivity contribution is 5.45. The first-order chi connectivity index (χ1) is 10.3. The van der Waals surface area contributed by atoms with Gasteiger partial charge >= 0.3 is 0 Å². The highest BCUT2D eigenvalue weighted by Gasteiger charge is 2.27. The number of rotatable bonds is 3. The Kier molecular flexibility index (Phi) is 4.26. The Morgan fingerprint density at radius 2 is 1.62 bits per heavy atom. The third-order valence-corrected chi connectivity index (χ3v) is 4.45. The molecule has 1 N–H and O–H groups in total. The van der Waals surface area contributed by atoms with Gasteiger partial charge in [-0.2, -0.15) is 0 Å². The van der Waals surface area contributed by atoms with Gasteiger partial charge in [0.2, 0.25) is 0 Å². The number of hydrogen-bond donors (Lipinski definition) is 1. The average Bonchev–Trinajstić information content (AvgIpc) is 2.53. The van der Waals surface area contributed by atoms with Crippen LogP contribution in [0.15, 0.2) is 48.5 Å². The minimum Gasteiger partial charge on any atom is -0.508 e. The van der Waals surface area contributed by atoms with E-state index in [1.165, 1.54) is 24.8 Å². The van der Waals surface area contributed by atoms with Crippen LogP contribution in [0, 0.1) is 6.92 Å². The Labute approximate surface area is 127 Å². The van der Waals surface area contributed by atoms with Gasteiger partial charge in [-0.3, -0.25) is 4.90 Å². The van der Waals surface area contributed by atoms with Crippen LogP contribution in [0.5, 0.6) is 5.75 Å². The molecule has 0 saturated carbocycles. The lowest BCUT2D eigenvalue weighted by molar-refractivity contribution is 0.184. The second-order valence-corrected chi connectivity index (χ2v) is 5.92. The van der Waals surface area contributed by atoms with Crippen LogP contribution in [0.2, 0.25) is 0 Å². The summed E-state index contributed by atoms with van der Waals surface area (Å²) in [5.41, 5.74) is 3.49. The van der Waals surface area contributed by atoms with Gasteiger partial charge in [0, 0.05) is 5.56 Å². The molecular weight excluding hydrogens is 258 g/mol. The monoisotopic (exact) mass is 281 g/mol. The maximum atomic E-state index is 10.4. The summed E-state index contributed by atoms with van der Waals surface area (Å²) in [7, 11) is 0. The molecule has 2 aromatic rings. The number of hydrogen-bond acceptors (Lipinski definition) is 2. The molecule has 1 aliphatic rings. The second kappa shape index (κ2) is 6.31. The molecule has 1 aliphatic heterocycles. The van der Waals surface area contributed by atoms with E-state index in [1.807, 2.05) is 12.1 Å². The van der Waals surface area contributed by atoms with Gasteiger partial charge in [0.15, 0.2) is 0 Å². The first-order valence-corrected chi connectivity index (χ1v) is 7.85. The minimum atomic E-state index is 0.160. The summed E-state index contributed by atoms with van der Waals surface area (Å²) < 4.78 is 0. The molecule has 0 aliphatic carbocycles. The number of piperidine rings is 1. The first-order valence-electron chi connectivity index (χ1n) is 7.85. The summed E-state index contributed by atoms with van der Waals surface area (Å²) in [6.45, 7) is 4.30. The van der Waals surface area contributed by atoms with E-state index >= 15 is 0 Å². The van der Waals surface area contributed by atoms with Crippen molar-refractivity contribution in [3.8, 4) is 5.75 Å². The van der Waals surface area contributed by atoms with Crippen LogP contribution in [-0.2, 0) is 0 Å². The highest BCUT2D eigenvalue weighted by Crippen LogP contribution is 2.37. The lowest BCUT2D eigenvalue weighted by atomic mass is 9.91. The molecule has 1 saturated heterocycles. The first kappa shape index (κ1) is 14.2. The van der Waals surface area contributed by atoms with Crippen LogP contribution in [0.3, 0.4) is 0 Å². The van der Waals surface area contributed by atoms with Gasteiger partial charge in [-0.1, -0.05) is 48.9 Å². The van der Waals surface area contributed by atoms with E-state index in [4.69, 9.17) is 0 Å². The Bertz CT molecular complexity index is 568. The van der Waals surface area contributed by atoms with Gasteiger partial charge in [-0.05, 0) is 50.0 Å². The molecule has 2 nitrogen and oxygen atoms in total. The molecule has 21 heavy (non-hydrogen) atoms. The third kappa shape index (κ3) is 2.96. The molecule has 0 spiro atoms. The lowest BCUT2D eigenvalue weighted by Crippen LogP contribution is -2.34. The molecule has 0 amide bonds. The van der Waals surface area contributed by atoms with Crippen molar-refractivity contribution in [3.63, 3.8) is 0 Å². The molecular formula is C19H23NO. The molecule has 1 atom stereocenters. The second-order valence-electron chi connectivity index (χ2n) is 5.92. The van der Waals surface area contributed by atoms with E-state index in [0.29, 0.717) is 5.75 Å². The van der Waals surface area contributed by atoms with E-state index in [-0.39, 0.29) is 6.04 Å². The van der Waals surface area contributed by atoms with Crippen molar-refractivity contribution in [3.05, 3.63) is 65.2 Å². The molecule has 2 aromatic carbocycles. The maximum absolute atomic E-state index is 10.4. The van der Waals surface area contributed by atoms with Crippen molar-refractivity contribution >= 4 is 0 Å². The van der Waals surface area contributed by atoms with Gasteiger partial charge < -0.3 is 5.11 Å². The Hall–Kier alpha value is -1.80. The number of phenolic OH excluding ortho intramolecular Hbond substituents is 1. The van der Waals surface area contributed by atoms with Gasteiger partial charge in [0.1, 0.15) is 5.75 Å². The van der Waals surface area contributed by atoms with Crippen molar-refractivity contribution < 1.29 is 5.11 Å².